The molecule has 9 heteroatoms. The lowest BCUT2D eigenvalue weighted by Crippen LogP contribution is -2.12. The smallest absolute Gasteiger partial charge is 0.258 e. The van der Waals surface area contributed by atoms with E-state index in [4.69, 9.17) is 4.42 Å². The molecule has 0 amide bonds. The van der Waals surface area contributed by atoms with E-state index in [0.717, 1.165) is 28.0 Å². The molecule has 26 heavy (non-hydrogen) atoms. The Morgan fingerprint density at radius 1 is 1.42 bits per heavy atom. The van der Waals surface area contributed by atoms with Gasteiger partial charge in [-0.05, 0) is 13.0 Å². The summed E-state index contributed by atoms with van der Waals surface area (Å²) >= 11 is 2.93. The van der Waals surface area contributed by atoms with Gasteiger partial charge in [-0.3, -0.25) is 13.8 Å². The summed E-state index contributed by atoms with van der Waals surface area (Å²) in [6.45, 7) is 6.29. The molecule has 0 saturated carbocycles. The summed E-state index contributed by atoms with van der Waals surface area (Å²) in [4.78, 5) is 17.3. The number of aromatic nitrogens is 5. The third kappa shape index (κ3) is 2.99. The number of furan rings is 1. The van der Waals surface area contributed by atoms with Gasteiger partial charge < -0.3 is 4.42 Å². The monoisotopic (exact) mass is 385 g/mol. The Labute approximate surface area is 157 Å². The van der Waals surface area contributed by atoms with Crippen LogP contribution in [-0.2, 0) is 12.3 Å². The SMILES string of the molecule is C=CCn1c(SCc2cc(=O)n3ccsc3n2)nnc1-c1ccoc1C. The minimum Gasteiger partial charge on any atom is -0.469 e. The summed E-state index contributed by atoms with van der Waals surface area (Å²) in [7, 11) is 0. The molecular weight excluding hydrogens is 370 g/mol. The van der Waals surface area contributed by atoms with Crippen LogP contribution in [0, 0.1) is 6.92 Å². The van der Waals surface area contributed by atoms with E-state index in [1.165, 1.54) is 23.1 Å². The lowest BCUT2D eigenvalue weighted by molar-refractivity contribution is 0.534. The summed E-state index contributed by atoms with van der Waals surface area (Å²) in [6.07, 6.45) is 5.17. The molecule has 0 radical (unpaired) electrons. The maximum Gasteiger partial charge on any atom is 0.258 e. The fourth-order valence-electron chi connectivity index (χ4n) is 2.61. The first kappa shape index (κ1) is 16.8. The summed E-state index contributed by atoms with van der Waals surface area (Å²) < 4.78 is 8.90. The van der Waals surface area contributed by atoms with Crippen molar-refractivity contribution >= 4 is 28.1 Å². The second kappa shape index (κ2) is 6.93. The highest BCUT2D eigenvalue weighted by molar-refractivity contribution is 7.98. The van der Waals surface area contributed by atoms with E-state index in [2.05, 4.69) is 21.8 Å². The second-order valence-corrected chi connectivity index (χ2v) is 7.34. The Morgan fingerprint density at radius 2 is 2.31 bits per heavy atom. The number of allylic oxidation sites excluding steroid dienone is 1. The highest BCUT2D eigenvalue weighted by Gasteiger charge is 2.17. The van der Waals surface area contributed by atoms with Crippen LogP contribution in [0.3, 0.4) is 0 Å². The molecular formula is C17H15N5O2S2. The van der Waals surface area contributed by atoms with Gasteiger partial charge in [0.25, 0.3) is 5.56 Å². The molecule has 4 rings (SSSR count). The van der Waals surface area contributed by atoms with Crippen molar-refractivity contribution in [3.05, 3.63) is 64.4 Å². The molecule has 132 valence electrons. The fourth-order valence-corrected chi connectivity index (χ4v) is 4.18. The van der Waals surface area contributed by atoms with E-state index in [1.54, 1.807) is 29.0 Å². The summed E-state index contributed by atoms with van der Waals surface area (Å²) in [5, 5.41) is 11.2. The molecule has 4 aromatic rings. The van der Waals surface area contributed by atoms with Crippen LogP contribution in [-0.4, -0.2) is 24.1 Å². The first-order valence-electron chi connectivity index (χ1n) is 7.84. The summed E-state index contributed by atoms with van der Waals surface area (Å²) in [6, 6.07) is 3.43. The van der Waals surface area contributed by atoms with Gasteiger partial charge in [-0.1, -0.05) is 17.8 Å². The number of thiazole rings is 1. The maximum absolute atomic E-state index is 12.1. The molecule has 0 fully saturated rings. The largest absolute Gasteiger partial charge is 0.469 e. The van der Waals surface area contributed by atoms with E-state index < -0.39 is 0 Å². The highest BCUT2D eigenvalue weighted by atomic mass is 32.2. The lowest BCUT2D eigenvalue weighted by atomic mass is 10.2. The van der Waals surface area contributed by atoms with Gasteiger partial charge >= 0.3 is 0 Å². The first-order valence-corrected chi connectivity index (χ1v) is 9.71. The van der Waals surface area contributed by atoms with Crippen LogP contribution >= 0.6 is 23.1 Å². The van der Waals surface area contributed by atoms with E-state index >= 15 is 0 Å². The molecule has 0 aliphatic heterocycles. The molecule has 0 aromatic carbocycles. The van der Waals surface area contributed by atoms with Gasteiger partial charge in [0, 0.05) is 29.9 Å². The van der Waals surface area contributed by atoms with Gasteiger partial charge in [-0.15, -0.1) is 28.1 Å². The average molecular weight is 385 g/mol. The zero-order valence-electron chi connectivity index (χ0n) is 14.0. The number of hydrogen-bond acceptors (Lipinski definition) is 7. The number of rotatable bonds is 6. The lowest BCUT2D eigenvalue weighted by Gasteiger charge is -2.07. The third-order valence-corrected chi connectivity index (χ3v) is 5.59. The zero-order chi connectivity index (χ0) is 18.1. The van der Waals surface area contributed by atoms with Crippen LogP contribution < -0.4 is 5.56 Å². The number of thioether (sulfide) groups is 1. The van der Waals surface area contributed by atoms with Crippen molar-refractivity contribution in [1.82, 2.24) is 24.1 Å². The Morgan fingerprint density at radius 3 is 3.08 bits per heavy atom. The average Bonchev–Trinajstić information content (AvgIpc) is 3.33. The van der Waals surface area contributed by atoms with Crippen molar-refractivity contribution in [2.75, 3.05) is 0 Å². The van der Waals surface area contributed by atoms with Crippen molar-refractivity contribution in [3.8, 4) is 11.4 Å². The summed E-state index contributed by atoms with van der Waals surface area (Å²) in [5.41, 5.74) is 1.55. The molecule has 0 N–H and O–H groups in total. The number of hydrogen-bond donors (Lipinski definition) is 0. The van der Waals surface area contributed by atoms with Gasteiger partial charge in [-0.2, -0.15) is 0 Å². The molecule has 0 unspecified atom stereocenters. The quantitative estimate of drug-likeness (QED) is 0.374. The molecule has 7 nitrogen and oxygen atoms in total. The van der Waals surface area contributed by atoms with Crippen molar-refractivity contribution in [1.29, 1.82) is 0 Å². The maximum atomic E-state index is 12.1. The Kier molecular flexibility index (Phi) is 4.48. The summed E-state index contributed by atoms with van der Waals surface area (Å²) in [5.74, 6) is 2.06. The highest BCUT2D eigenvalue weighted by Crippen LogP contribution is 2.28. The zero-order valence-corrected chi connectivity index (χ0v) is 15.6. The minimum atomic E-state index is -0.0749. The second-order valence-electron chi connectivity index (χ2n) is 5.53. The van der Waals surface area contributed by atoms with Crippen LogP contribution in [0.1, 0.15) is 11.5 Å². The Balaban J connectivity index is 1.63. The number of fused-ring (bicyclic) bond motifs is 1. The van der Waals surface area contributed by atoms with Gasteiger partial charge in [0.1, 0.15) is 5.76 Å². The van der Waals surface area contributed by atoms with Crippen LogP contribution in [0.15, 0.2) is 57.0 Å². The van der Waals surface area contributed by atoms with Gasteiger partial charge in [0.2, 0.25) is 0 Å². The Bertz CT molecular complexity index is 1140. The van der Waals surface area contributed by atoms with Crippen LogP contribution in [0.4, 0.5) is 0 Å². The van der Waals surface area contributed by atoms with Crippen LogP contribution in [0.5, 0.6) is 0 Å². The molecule has 4 aromatic heterocycles. The number of nitrogens with zero attached hydrogens (tertiary/aromatic N) is 5. The van der Waals surface area contributed by atoms with Gasteiger partial charge in [-0.25, -0.2) is 4.98 Å². The van der Waals surface area contributed by atoms with Crippen LogP contribution in [0.2, 0.25) is 0 Å². The van der Waals surface area contributed by atoms with Crippen molar-refractivity contribution in [2.24, 2.45) is 0 Å². The molecule has 0 saturated heterocycles. The fraction of sp³-hybridized carbons (Fsp3) is 0.176. The predicted octanol–water partition coefficient (Wildman–Crippen LogP) is 3.39. The first-order chi connectivity index (χ1) is 12.7. The van der Waals surface area contributed by atoms with Gasteiger partial charge in [0.15, 0.2) is 15.9 Å². The minimum absolute atomic E-state index is 0.0749. The van der Waals surface area contributed by atoms with Crippen molar-refractivity contribution in [3.63, 3.8) is 0 Å². The third-order valence-electron chi connectivity index (χ3n) is 3.83. The number of aryl methyl sites for hydroxylation is 1. The topological polar surface area (TPSA) is 78.2 Å². The van der Waals surface area contributed by atoms with E-state index in [-0.39, 0.29) is 5.56 Å². The molecule has 0 aliphatic rings. The predicted molar refractivity (Wildman–Crippen MR) is 102 cm³/mol. The van der Waals surface area contributed by atoms with Crippen molar-refractivity contribution < 1.29 is 4.42 Å². The van der Waals surface area contributed by atoms with Crippen LogP contribution in [0.25, 0.3) is 16.3 Å². The van der Waals surface area contributed by atoms with Gasteiger partial charge in [0.05, 0.1) is 17.5 Å². The molecule has 0 bridgehead atoms. The van der Waals surface area contributed by atoms with E-state index in [0.29, 0.717) is 17.3 Å². The van der Waals surface area contributed by atoms with Crippen molar-refractivity contribution in [2.45, 2.75) is 24.4 Å². The van der Waals surface area contributed by atoms with E-state index in [9.17, 15) is 4.79 Å². The molecule has 0 atom stereocenters. The normalized spacial score (nSPS) is 11.3. The molecule has 0 aliphatic carbocycles. The van der Waals surface area contributed by atoms with E-state index in [1.807, 2.05) is 22.9 Å². The molecule has 4 heterocycles. The standard InChI is InChI=1S/C17H15N5O2S2/c1-3-5-22-15(13-4-7-24-11(13)2)19-20-17(22)26-10-12-9-14(23)21-6-8-25-16(21)18-12/h3-4,6-9H,1,5,10H2,2H3. The Hall–Kier alpha value is -2.65. The molecule has 0 spiro atoms.